The van der Waals surface area contributed by atoms with Crippen molar-refractivity contribution in [2.75, 3.05) is 36.5 Å². The van der Waals surface area contributed by atoms with Gasteiger partial charge in [0.2, 0.25) is 0 Å². The van der Waals surface area contributed by atoms with Crippen molar-refractivity contribution in [3.8, 4) is 17.1 Å². The summed E-state index contributed by atoms with van der Waals surface area (Å²) in [5.41, 5.74) is 4.03. The lowest BCUT2D eigenvalue weighted by atomic mass is 10.1. The Kier molecular flexibility index (Phi) is 6.72. The van der Waals surface area contributed by atoms with Crippen molar-refractivity contribution >= 4 is 17.4 Å². The maximum atomic E-state index is 12.8. The second-order valence-electron chi connectivity index (χ2n) is 8.32. The number of aryl methyl sites for hydroxylation is 1. The maximum absolute atomic E-state index is 12.8. The quantitative estimate of drug-likeness (QED) is 0.416. The number of hydrogen-bond donors (Lipinski definition) is 2. The van der Waals surface area contributed by atoms with E-state index in [4.69, 9.17) is 14.5 Å². The van der Waals surface area contributed by atoms with Crippen LogP contribution in [0.25, 0.3) is 11.4 Å². The SMILES string of the molecule is Cc1ccc(-c2ncc[nH]2)cc1NC(=O)c1ccc(OCc2cccc(N3CCOCC3)n2)cc1. The lowest BCUT2D eigenvalue weighted by Crippen LogP contribution is -2.36. The monoisotopic (exact) mass is 469 g/mol. The summed E-state index contributed by atoms with van der Waals surface area (Å²) in [6, 6.07) is 18.9. The van der Waals surface area contributed by atoms with Gasteiger partial charge >= 0.3 is 0 Å². The Hall–Kier alpha value is -4.17. The number of aromatic amines is 1. The average Bonchev–Trinajstić information content (AvgIpc) is 3.45. The Morgan fingerprint density at radius 1 is 1.11 bits per heavy atom. The number of carbonyl (C=O) groups excluding carboxylic acids is 1. The van der Waals surface area contributed by atoms with Crippen LogP contribution in [-0.4, -0.2) is 47.2 Å². The van der Waals surface area contributed by atoms with Crippen molar-refractivity contribution in [1.29, 1.82) is 0 Å². The van der Waals surface area contributed by atoms with Gasteiger partial charge < -0.3 is 24.7 Å². The van der Waals surface area contributed by atoms with Crippen LogP contribution in [0.15, 0.2) is 73.1 Å². The Balaban J connectivity index is 1.20. The maximum Gasteiger partial charge on any atom is 0.255 e. The fraction of sp³-hybridized carbons (Fsp3) is 0.222. The molecule has 178 valence electrons. The summed E-state index contributed by atoms with van der Waals surface area (Å²) in [4.78, 5) is 27.1. The van der Waals surface area contributed by atoms with Gasteiger partial charge in [-0.2, -0.15) is 0 Å². The minimum absolute atomic E-state index is 0.184. The molecule has 0 aliphatic carbocycles. The van der Waals surface area contributed by atoms with Gasteiger partial charge in [-0.1, -0.05) is 18.2 Å². The number of rotatable bonds is 7. The fourth-order valence-corrected chi connectivity index (χ4v) is 3.90. The number of nitrogens with zero attached hydrogens (tertiary/aromatic N) is 3. The van der Waals surface area contributed by atoms with E-state index < -0.39 is 0 Å². The van der Waals surface area contributed by atoms with Crippen LogP contribution >= 0.6 is 0 Å². The number of ether oxygens (including phenoxy) is 2. The molecule has 1 aliphatic rings. The van der Waals surface area contributed by atoms with Gasteiger partial charge in [0.1, 0.15) is 24.0 Å². The summed E-state index contributed by atoms with van der Waals surface area (Å²) in [5, 5.41) is 3.00. The van der Waals surface area contributed by atoms with Crippen LogP contribution in [0.5, 0.6) is 5.75 Å². The second kappa shape index (κ2) is 10.4. The highest BCUT2D eigenvalue weighted by Gasteiger charge is 2.13. The van der Waals surface area contributed by atoms with Crippen molar-refractivity contribution in [1.82, 2.24) is 15.0 Å². The summed E-state index contributed by atoms with van der Waals surface area (Å²) in [5.74, 6) is 2.19. The third-order valence-electron chi connectivity index (χ3n) is 5.89. The number of benzene rings is 2. The molecule has 1 amide bonds. The van der Waals surface area contributed by atoms with Gasteiger partial charge in [-0.15, -0.1) is 0 Å². The number of imidazole rings is 1. The molecule has 0 bridgehead atoms. The van der Waals surface area contributed by atoms with Crippen molar-refractivity contribution < 1.29 is 14.3 Å². The molecule has 0 atom stereocenters. The molecule has 1 aliphatic heterocycles. The summed E-state index contributed by atoms with van der Waals surface area (Å²) in [7, 11) is 0. The zero-order valence-electron chi connectivity index (χ0n) is 19.5. The average molecular weight is 470 g/mol. The van der Waals surface area contributed by atoms with Crippen LogP contribution < -0.4 is 15.0 Å². The smallest absolute Gasteiger partial charge is 0.255 e. The molecule has 8 heteroatoms. The predicted octanol–water partition coefficient (Wildman–Crippen LogP) is 4.45. The molecular weight excluding hydrogens is 442 g/mol. The van der Waals surface area contributed by atoms with Gasteiger partial charge in [0.15, 0.2) is 0 Å². The lowest BCUT2D eigenvalue weighted by Gasteiger charge is -2.28. The van der Waals surface area contributed by atoms with Crippen LogP contribution in [0.2, 0.25) is 0 Å². The Bertz CT molecular complexity index is 1280. The highest BCUT2D eigenvalue weighted by molar-refractivity contribution is 6.05. The first-order valence-electron chi connectivity index (χ1n) is 11.6. The fourth-order valence-electron chi connectivity index (χ4n) is 3.90. The van der Waals surface area contributed by atoms with Crippen LogP contribution in [0, 0.1) is 6.92 Å². The number of anilines is 2. The first-order chi connectivity index (χ1) is 17.2. The summed E-state index contributed by atoms with van der Waals surface area (Å²) < 4.78 is 11.3. The largest absolute Gasteiger partial charge is 0.487 e. The molecule has 0 unspecified atom stereocenters. The molecule has 0 radical (unpaired) electrons. The van der Waals surface area contributed by atoms with Crippen molar-refractivity contribution in [2.45, 2.75) is 13.5 Å². The Morgan fingerprint density at radius 3 is 2.71 bits per heavy atom. The van der Waals surface area contributed by atoms with E-state index in [-0.39, 0.29) is 5.91 Å². The van der Waals surface area contributed by atoms with E-state index in [1.165, 1.54) is 0 Å². The van der Waals surface area contributed by atoms with Gasteiger partial charge in [0.05, 0.1) is 18.9 Å². The zero-order valence-corrected chi connectivity index (χ0v) is 19.5. The van der Waals surface area contributed by atoms with Crippen LogP contribution in [0.1, 0.15) is 21.6 Å². The molecule has 35 heavy (non-hydrogen) atoms. The molecule has 0 saturated carbocycles. The minimum Gasteiger partial charge on any atom is -0.487 e. The normalized spacial score (nSPS) is 13.5. The minimum atomic E-state index is -0.184. The number of nitrogens with one attached hydrogen (secondary N) is 2. The number of morpholine rings is 1. The van der Waals surface area contributed by atoms with E-state index in [0.29, 0.717) is 17.9 Å². The van der Waals surface area contributed by atoms with Gasteiger partial charge in [-0.3, -0.25) is 4.79 Å². The third-order valence-corrected chi connectivity index (χ3v) is 5.89. The third kappa shape index (κ3) is 5.50. The number of pyridine rings is 1. The summed E-state index contributed by atoms with van der Waals surface area (Å²) in [6.45, 7) is 5.43. The number of amides is 1. The molecule has 2 aromatic carbocycles. The first kappa shape index (κ1) is 22.6. The summed E-state index contributed by atoms with van der Waals surface area (Å²) in [6.07, 6.45) is 3.47. The van der Waals surface area contributed by atoms with Crippen LogP contribution in [0.3, 0.4) is 0 Å². The number of carbonyl (C=O) groups is 1. The first-order valence-corrected chi connectivity index (χ1v) is 11.6. The van der Waals surface area contributed by atoms with E-state index in [9.17, 15) is 4.79 Å². The van der Waals surface area contributed by atoms with Crippen molar-refractivity contribution in [3.63, 3.8) is 0 Å². The molecular formula is C27H27N5O3. The summed E-state index contributed by atoms with van der Waals surface area (Å²) >= 11 is 0. The van der Waals surface area contributed by atoms with E-state index in [1.54, 1.807) is 36.7 Å². The molecule has 1 fully saturated rings. The van der Waals surface area contributed by atoms with Crippen LogP contribution in [0.4, 0.5) is 11.5 Å². The van der Waals surface area contributed by atoms with Gasteiger partial charge in [-0.05, 0) is 55.0 Å². The van der Waals surface area contributed by atoms with Gasteiger partial charge in [0, 0.05) is 42.3 Å². The zero-order chi connectivity index (χ0) is 24.0. The highest BCUT2D eigenvalue weighted by atomic mass is 16.5. The standard InChI is InChI=1S/C27H27N5O3/c1-19-5-6-21(26-28-11-12-29-26)17-24(19)31-27(33)20-7-9-23(10-8-20)35-18-22-3-2-4-25(30-22)32-13-15-34-16-14-32/h2-12,17H,13-16,18H2,1H3,(H,28,29)(H,31,33). The van der Waals surface area contributed by atoms with E-state index in [0.717, 1.165) is 60.5 Å². The number of H-pyrrole nitrogens is 1. The molecule has 8 nitrogen and oxygen atoms in total. The van der Waals surface area contributed by atoms with E-state index in [2.05, 4.69) is 20.2 Å². The molecule has 5 rings (SSSR count). The number of aromatic nitrogens is 3. The van der Waals surface area contributed by atoms with E-state index >= 15 is 0 Å². The van der Waals surface area contributed by atoms with Gasteiger partial charge in [0.25, 0.3) is 5.91 Å². The van der Waals surface area contributed by atoms with E-state index in [1.807, 2.05) is 43.3 Å². The second-order valence-corrected chi connectivity index (χ2v) is 8.32. The number of hydrogen-bond acceptors (Lipinski definition) is 6. The molecule has 3 heterocycles. The van der Waals surface area contributed by atoms with Crippen LogP contribution in [-0.2, 0) is 11.3 Å². The van der Waals surface area contributed by atoms with Crippen molar-refractivity contribution in [3.05, 3.63) is 89.9 Å². The highest BCUT2D eigenvalue weighted by Crippen LogP contribution is 2.24. The topological polar surface area (TPSA) is 92.4 Å². The Morgan fingerprint density at radius 2 is 1.94 bits per heavy atom. The van der Waals surface area contributed by atoms with Gasteiger partial charge in [-0.25, -0.2) is 9.97 Å². The molecule has 1 saturated heterocycles. The Labute approximate surface area is 203 Å². The lowest BCUT2D eigenvalue weighted by molar-refractivity contribution is 0.102. The van der Waals surface area contributed by atoms with Crippen molar-refractivity contribution in [2.24, 2.45) is 0 Å². The molecule has 2 aromatic heterocycles. The molecule has 4 aromatic rings. The molecule has 0 spiro atoms. The predicted molar refractivity (Wildman–Crippen MR) is 135 cm³/mol. The molecule has 2 N–H and O–H groups in total.